The van der Waals surface area contributed by atoms with Gasteiger partial charge >= 0.3 is 12.1 Å². The largest absolute Gasteiger partial charge is 0.488 e. The number of benzene rings is 1. The van der Waals surface area contributed by atoms with Gasteiger partial charge in [0.1, 0.15) is 17.9 Å². The second-order valence-electron chi connectivity index (χ2n) is 4.08. The molecule has 2 rings (SSSR count). The summed E-state index contributed by atoms with van der Waals surface area (Å²) in [5.74, 6) is -0.532. The third-order valence-corrected chi connectivity index (χ3v) is 2.84. The van der Waals surface area contributed by atoms with Crippen LogP contribution in [0.15, 0.2) is 30.3 Å². The zero-order valence-electron chi connectivity index (χ0n) is 9.52. The Balaban J connectivity index is 2.05. The van der Waals surface area contributed by atoms with Crippen molar-refractivity contribution >= 4 is 12.1 Å². The molecule has 0 unspecified atom stereocenters. The minimum atomic E-state index is -1.23. The molecule has 18 heavy (non-hydrogen) atoms. The zero-order valence-corrected chi connectivity index (χ0v) is 9.52. The van der Waals surface area contributed by atoms with Gasteiger partial charge < -0.3 is 14.9 Å². The monoisotopic (exact) mass is 251 g/mol. The molecule has 6 nitrogen and oxygen atoms in total. The van der Waals surface area contributed by atoms with Crippen LogP contribution in [0.2, 0.25) is 0 Å². The summed E-state index contributed by atoms with van der Waals surface area (Å²) in [6.45, 7) is 0.0706. The smallest absolute Gasteiger partial charge is 0.408 e. The van der Waals surface area contributed by atoms with Crippen LogP contribution in [-0.4, -0.2) is 45.9 Å². The number of carboxylic acid groups (broad SMARTS) is 2. The second-order valence-corrected chi connectivity index (χ2v) is 4.08. The van der Waals surface area contributed by atoms with E-state index >= 15 is 0 Å². The van der Waals surface area contributed by atoms with Crippen LogP contribution in [0.1, 0.15) is 6.42 Å². The molecule has 0 bridgehead atoms. The van der Waals surface area contributed by atoms with E-state index < -0.39 is 24.2 Å². The van der Waals surface area contributed by atoms with Crippen molar-refractivity contribution in [3.63, 3.8) is 0 Å². The Labute approximate surface area is 103 Å². The van der Waals surface area contributed by atoms with Gasteiger partial charge in [-0.25, -0.2) is 9.59 Å². The number of rotatable bonds is 3. The average Bonchev–Trinajstić information content (AvgIpc) is 2.74. The van der Waals surface area contributed by atoms with E-state index in [2.05, 4.69) is 0 Å². The topological polar surface area (TPSA) is 87.1 Å². The number of likely N-dealkylation sites (tertiary alicyclic amines) is 1. The Morgan fingerprint density at radius 1 is 1.22 bits per heavy atom. The summed E-state index contributed by atoms with van der Waals surface area (Å²) in [7, 11) is 0. The van der Waals surface area contributed by atoms with Crippen molar-refractivity contribution in [1.29, 1.82) is 0 Å². The molecule has 0 spiro atoms. The van der Waals surface area contributed by atoms with Crippen LogP contribution in [0, 0.1) is 0 Å². The molecule has 96 valence electrons. The maximum atomic E-state index is 11.0. The maximum Gasteiger partial charge on any atom is 0.408 e. The van der Waals surface area contributed by atoms with Gasteiger partial charge in [-0.05, 0) is 12.1 Å². The highest BCUT2D eigenvalue weighted by Gasteiger charge is 2.40. The highest BCUT2D eigenvalue weighted by molar-refractivity contribution is 5.80. The lowest BCUT2D eigenvalue weighted by atomic mass is 10.2. The van der Waals surface area contributed by atoms with Crippen molar-refractivity contribution in [2.24, 2.45) is 0 Å². The minimum absolute atomic E-state index is 0.0706. The molecule has 0 aromatic heterocycles. The molecule has 6 heteroatoms. The van der Waals surface area contributed by atoms with Crippen LogP contribution < -0.4 is 4.74 Å². The van der Waals surface area contributed by atoms with Crippen molar-refractivity contribution in [3.8, 4) is 5.75 Å². The summed E-state index contributed by atoms with van der Waals surface area (Å²) in [6.07, 6.45) is -1.50. The Morgan fingerprint density at radius 2 is 1.89 bits per heavy atom. The van der Waals surface area contributed by atoms with E-state index in [1.165, 1.54) is 0 Å². The Morgan fingerprint density at radius 3 is 2.39 bits per heavy atom. The average molecular weight is 251 g/mol. The summed E-state index contributed by atoms with van der Waals surface area (Å²) in [5.41, 5.74) is 0. The number of hydrogen-bond donors (Lipinski definition) is 2. The van der Waals surface area contributed by atoms with E-state index in [0.29, 0.717) is 5.75 Å². The van der Waals surface area contributed by atoms with Gasteiger partial charge in [0.15, 0.2) is 0 Å². The molecule has 1 aliphatic rings. The molecule has 1 aromatic rings. The standard InChI is InChI=1S/C12H13NO5/c14-11(15)10-6-9(7-13(10)12(16)17)18-8-4-2-1-3-5-8/h1-5,9-10H,6-7H2,(H,14,15)(H,16,17)/t9-,10+/m0/s1. The van der Waals surface area contributed by atoms with E-state index in [9.17, 15) is 9.59 Å². The Bertz CT molecular complexity index is 425. The quantitative estimate of drug-likeness (QED) is 0.844. The maximum absolute atomic E-state index is 11.0. The predicted molar refractivity (Wildman–Crippen MR) is 61.6 cm³/mol. The number of para-hydroxylation sites is 1. The molecule has 2 atom stereocenters. The first-order valence-corrected chi connectivity index (χ1v) is 5.52. The summed E-state index contributed by atoms with van der Waals surface area (Å²) in [4.78, 5) is 22.8. The van der Waals surface area contributed by atoms with E-state index in [0.717, 1.165) is 4.90 Å². The molecule has 0 saturated carbocycles. The van der Waals surface area contributed by atoms with Crippen LogP contribution in [0.5, 0.6) is 5.75 Å². The van der Waals surface area contributed by atoms with E-state index in [1.807, 2.05) is 6.07 Å². The molecular weight excluding hydrogens is 238 g/mol. The van der Waals surface area contributed by atoms with Crippen LogP contribution in [0.3, 0.4) is 0 Å². The minimum Gasteiger partial charge on any atom is -0.488 e. The van der Waals surface area contributed by atoms with Crippen molar-refractivity contribution in [3.05, 3.63) is 30.3 Å². The van der Waals surface area contributed by atoms with Crippen LogP contribution >= 0.6 is 0 Å². The number of ether oxygens (including phenoxy) is 1. The molecule has 1 heterocycles. The van der Waals surface area contributed by atoms with Crippen molar-refractivity contribution < 1.29 is 24.5 Å². The number of carboxylic acids is 1. The van der Waals surface area contributed by atoms with E-state index in [-0.39, 0.29) is 13.0 Å². The molecule has 0 aliphatic carbocycles. The first-order valence-electron chi connectivity index (χ1n) is 5.52. The lowest BCUT2D eigenvalue weighted by Crippen LogP contribution is -2.39. The lowest BCUT2D eigenvalue weighted by Gasteiger charge is -2.16. The summed E-state index contributed by atoms with van der Waals surface area (Å²) in [5, 5.41) is 17.9. The fourth-order valence-electron chi connectivity index (χ4n) is 2.02. The van der Waals surface area contributed by atoms with Crippen LogP contribution in [0.25, 0.3) is 0 Å². The van der Waals surface area contributed by atoms with Crippen LogP contribution in [0.4, 0.5) is 4.79 Å². The number of amides is 1. The fourth-order valence-corrected chi connectivity index (χ4v) is 2.02. The van der Waals surface area contributed by atoms with Crippen molar-refractivity contribution in [2.45, 2.75) is 18.6 Å². The van der Waals surface area contributed by atoms with Crippen LogP contribution in [-0.2, 0) is 4.79 Å². The summed E-state index contributed by atoms with van der Waals surface area (Å²) in [6, 6.07) is 7.90. The van der Waals surface area contributed by atoms with Gasteiger partial charge in [0, 0.05) is 6.42 Å². The lowest BCUT2D eigenvalue weighted by molar-refractivity contribution is -0.141. The molecule has 1 aliphatic heterocycles. The molecule has 2 N–H and O–H groups in total. The third-order valence-electron chi connectivity index (χ3n) is 2.84. The first kappa shape index (κ1) is 12.2. The highest BCUT2D eigenvalue weighted by atomic mass is 16.5. The number of carbonyl (C=O) groups is 2. The van der Waals surface area contributed by atoms with Gasteiger partial charge in [0.25, 0.3) is 0 Å². The van der Waals surface area contributed by atoms with Gasteiger partial charge in [-0.1, -0.05) is 18.2 Å². The predicted octanol–water partition coefficient (Wildman–Crippen LogP) is 1.27. The van der Waals surface area contributed by atoms with Gasteiger partial charge in [-0.2, -0.15) is 0 Å². The molecule has 1 fully saturated rings. The Kier molecular flexibility index (Phi) is 3.36. The molecule has 1 saturated heterocycles. The molecule has 0 radical (unpaired) electrons. The van der Waals surface area contributed by atoms with Gasteiger partial charge in [-0.15, -0.1) is 0 Å². The molecule has 1 aromatic carbocycles. The van der Waals surface area contributed by atoms with Gasteiger partial charge in [0.05, 0.1) is 6.54 Å². The van der Waals surface area contributed by atoms with E-state index in [1.54, 1.807) is 24.3 Å². The fraction of sp³-hybridized carbons (Fsp3) is 0.333. The van der Waals surface area contributed by atoms with Gasteiger partial charge in [-0.3, -0.25) is 4.90 Å². The van der Waals surface area contributed by atoms with Crippen molar-refractivity contribution in [2.75, 3.05) is 6.54 Å². The SMILES string of the molecule is O=C(O)[C@H]1C[C@H](Oc2ccccc2)CN1C(=O)O. The number of nitrogens with zero attached hydrogens (tertiary/aromatic N) is 1. The van der Waals surface area contributed by atoms with Gasteiger partial charge in [0.2, 0.25) is 0 Å². The number of hydrogen-bond acceptors (Lipinski definition) is 3. The summed E-state index contributed by atoms with van der Waals surface area (Å²) >= 11 is 0. The van der Waals surface area contributed by atoms with E-state index in [4.69, 9.17) is 14.9 Å². The second kappa shape index (κ2) is 4.95. The Hall–Kier alpha value is -2.24. The summed E-state index contributed by atoms with van der Waals surface area (Å²) < 4.78 is 5.57. The first-order chi connectivity index (χ1) is 8.58. The van der Waals surface area contributed by atoms with Crippen molar-refractivity contribution in [1.82, 2.24) is 4.90 Å². The third kappa shape index (κ3) is 2.53. The molecule has 1 amide bonds. The molecular formula is C12H13NO5. The zero-order chi connectivity index (χ0) is 13.1. The highest BCUT2D eigenvalue weighted by Crippen LogP contribution is 2.23. The normalized spacial score (nSPS) is 22.8. The number of aliphatic carboxylic acids is 1.